The summed E-state index contributed by atoms with van der Waals surface area (Å²) in [6, 6.07) is 6.29. The first kappa shape index (κ1) is 19.4. The molecular weight excluding hydrogens is 426 g/mol. The molecule has 5 heterocycles. The fourth-order valence-electron chi connectivity index (χ4n) is 4.07. The van der Waals surface area contributed by atoms with Gasteiger partial charge in [-0.1, -0.05) is 6.07 Å². The van der Waals surface area contributed by atoms with E-state index in [0.29, 0.717) is 11.5 Å². The van der Waals surface area contributed by atoms with E-state index in [4.69, 9.17) is 9.72 Å². The van der Waals surface area contributed by atoms with Crippen molar-refractivity contribution in [3.8, 4) is 11.5 Å². The molecule has 4 aromatic heterocycles. The topological polar surface area (TPSA) is 104 Å². The number of imidazole rings is 2. The Morgan fingerprint density at radius 3 is 3.00 bits per heavy atom. The third kappa shape index (κ3) is 3.62. The number of carbonyl (C=O) groups excluding carboxylic acids is 1. The molecule has 9 nitrogen and oxygen atoms in total. The summed E-state index contributed by atoms with van der Waals surface area (Å²) in [6.45, 7) is 4.36. The molecule has 1 saturated heterocycles. The minimum absolute atomic E-state index is 0.0486. The highest BCUT2D eigenvalue weighted by Crippen LogP contribution is 2.24. The van der Waals surface area contributed by atoms with Crippen molar-refractivity contribution < 1.29 is 9.53 Å². The summed E-state index contributed by atoms with van der Waals surface area (Å²) >= 11 is 1.50. The first-order valence-corrected chi connectivity index (χ1v) is 11.4. The number of hydrogen-bond donors (Lipinski definition) is 2. The zero-order chi connectivity index (χ0) is 21.5. The molecule has 0 aliphatic carbocycles. The summed E-state index contributed by atoms with van der Waals surface area (Å²) in [5.74, 6) is 0.627. The van der Waals surface area contributed by atoms with Gasteiger partial charge in [0, 0.05) is 49.4 Å². The standard InChI is InChI=1S/C22H21N7O2S/c30-19(18-13-29-5-8-32-22(29)26-18)10-15-11-23-27-20(15)21-24-16-2-1-14(9-17(16)25-21)12-28-3-6-31-7-4-28/h1-2,5,8-9,11,13H,3-4,6-7,10,12H2,(H,23,27)(H,24,25). The third-order valence-corrected chi connectivity index (χ3v) is 6.51. The van der Waals surface area contributed by atoms with Crippen molar-refractivity contribution in [3.05, 3.63) is 59.0 Å². The van der Waals surface area contributed by atoms with Crippen LogP contribution in [0.25, 0.3) is 27.5 Å². The van der Waals surface area contributed by atoms with E-state index >= 15 is 0 Å². The molecule has 1 fully saturated rings. The molecule has 0 bridgehead atoms. The van der Waals surface area contributed by atoms with Crippen LogP contribution >= 0.6 is 11.3 Å². The van der Waals surface area contributed by atoms with Crippen molar-refractivity contribution >= 4 is 33.1 Å². The predicted octanol–water partition coefficient (Wildman–Crippen LogP) is 2.92. The van der Waals surface area contributed by atoms with E-state index in [0.717, 1.165) is 60.1 Å². The van der Waals surface area contributed by atoms with Gasteiger partial charge in [-0.3, -0.25) is 19.2 Å². The summed E-state index contributed by atoms with van der Waals surface area (Å²) in [5, 5.41) is 9.11. The second-order valence-electron chi connectivity index (χ2n) is 7.91. The minimum Gasteiger partial charge on any atom is -0.379 e. The third-order valence-electron chi connectivity index (χ3n) is 5.74. The van der Waals surface area contributed by atoms with Crippen LogP contribution in [0.4, 0.5) is 0 Å². The number of ketones is 1. The Morgan fingerprint density at radius 2 is 2.12 bits per heavy atom. The lowest BCUT2D eigenvalue weighted by Crippen LogP contribution is -2.35. The van der Waals surface area contributed by atoms with E-state index in [-0.39, 0.29) is 12.2 Å². The highest BCUT2D eigenvalue weighted by molar-refractivity contribution is 7.15. The lowest BCUT2D eigenvalue weighted by atomic mass is 10.1. The van der Waals surface area contributed by atoms with E-state index in [2.05, 4.69) is 37.2 Å². The number of morpholine rings is 1. The van der Waals surface area contributed by atoms with Crippen LogP contribution in [-0.4, -0.2) is 66.5 Å². The highest BCUT2D eigenvalue weighted by atomic mass is 32.1. The van der Waals surface area contributed by atoms with Crippen LogP contribution in [-0.2, 0) is 17.7 Å². The average molecular weight is 448 g/mol. The molecule has 0 unspecified atom stereocenters. The number of benzene rings is 1. The van der Waals surface area contributed by atoms with Gasteiger partial charge in [0.05, 0.1) is 30.4 Å². The zero-order valence-electron chi connectivity index (χ0n) is 17.2. The average Bonchev–Trinajstić information content (AvgIpc) is 3.57. The van der Waals surface area contributed by atoms with Crippen molar-refractivity contribution in [2.45, 2.75) is 13.0 Å². The molecule has 5 aromatic rings. The monoisotopic (exact) mass is 447 g/mol. The van der Waals surface area contributed by atoms with Gasteiger partial charge in [0.25, 0.3) is 0 Å². The maximum absolute atomic E-state index is 12.8. The number of nitrogens with one attached hydrogen (secondary N) is 2. The number of carbonyl (C=O) groups is 1. The molecule has 32 heavy (non-hydrogen) atoms. The number of nitrogens with zero attached hydrogens (tertiary/aromatic N) is 5. The zero-order valence-corrected chi connectivity index (χ0v) is 18.1. The highest BCUT2D eigenvalue weighted by Gasteiger charge is 2.19. The van der Waals surface area contributed by atoms with Crippen molar-refractivity contribution in [1.82, 2.24) is 34.4 Å². The van der Waals surface area contributed by atoms with Crippen LogP contribution in [0.15, 0.2) is 42.2 Å². The number of aromatic nitrogens is 6. The van der Waals surface area contributed by atoms with Crippen LogP contribution in [0.3, 0.4) is 0 Å². The molecule has 1 aliphatic rings. The summed E-state index contributed by atoms with van der Waals surface area (Å²) in [5.41, 5.74) is 5.05. The van der Waals surface area contributed by atoms with Crippen LogP contribution in [0, 0.1) is 0 Å². The number of ether oxygens (including phenoxy) is 1. The van der Waals surface area contributed by atoms with Gasteiger partial charge in [0.1, 0.15) is 11.4 Å². The van der Waals surface area contributed by atoms with E-state index in [1.807, 2.05) is 22.0 Å². The predicted molar refractivity (Wildman–Crippen MR) is 121 cm³/mol. The number of rotatable bonds is 6. The Labute approximate surface area is 187 Å². The van der Waals surface area contributed by atoms with Gasteiger partial charge in [-0.25, -0.2) is 9.97 Å². The molecule has 0 spiro atoms. The number of fused-ring (bicyclic) bond motifs is 2. The number of thiazole rings is 1. The second-order valence-corrected chi connectivity index (χ2v) is 8.79. The molecule has 0 atom stereocenters. The molecule has 2 N–H and O–H groups in total. The largest absolute Gasteiger partial charge is 0.379 e. The van der Waals surface area contributed by atoms with Gasteiger partial charge >= 0.3 is 0 Å². The van der Waals surface area contributed by atoms with Gasteiger partial charge in [-0.2, -0.15) is 5.10 Å². The number of H-pyrrole nitrogens is 2. The van der Waals surface area contributed by atoms with Gasteiger partial charge < -0.3 is 9.72 Å². The molecule has 10 heteroatoms. The maximum Gasteiger partial charge on any atom is 0.194 e. The molecule has 0 saturated carbocycles. The van der Waals surface area contributed by atoms with Crippen LogP contribution < -0.4 is 0 Å². The Balaban J connectivity index is 1.24. The second kappa shape index (κ2) is 7.97. The van der Waals surface area contributed by atoms with Gasteiger partial charge in [-0.15, -0.1) is 11.3 Å². The summed E-state index contributed by atoms with van der Waals surface area (Å²) in [4.78, 5) is 28.5. The Bertz CT molecular complexity index is 1380. The maximum atomic E-state index is 12.8. The first-order chi connectivity index (χ1) is 15.7. The fraction of sp³-hybridized carbons (Fsp3) is 0.273. The van der Waals surface area contributed by atoms with Crippen LogP contribution in [0.5, 0.6) is 0 Å². The lowest BCUT2D eigenvalue weighted by molar-refractivity contribution is 0.0342. The normalized spacial score (nSPS) is 15.1. The molecular formula is C22H21N7O2S. The van der Waals surface area contributed by atoms with Crippen LogP contribution in [0.1, 0.15) is 21.6 Å². The Morgan fingerprint density at radius 1 is 1.22 bits per heavy atom. The van der Waals surface area contributed by atoms with E-state index in [1.54, 1.807) is 12.4 Å². The molecule has 162 valence electrons. The van der Waals surface area contributed by atoms with Gasteiger partial charge in [-0.05, 0) is 17.7 Å². The van der Waals surface area contributed by atoms with Crippen LogP contribution in [0.2, 0.25) is 0 Å². The molecule has 1 aromatic carbocycles. The van der Waals surface area contributed by atoms with Gasteiger partial charge in [0.2, 0.25) is 0 Å². The summed E-state index contributed by atoms with van der Waals surface area (Å²) in [6.07, 6.45) is 5.55. The number of aromatic amines is 2. The summed E-state index contributed by atoms with van der Waals surface area (Å²) in [7, 11) is 0. The number of hydrogen-bond acceptors (Lipinski definition) is 7. The summed E-state index contributed by atoms with van der Waals surface area (Å²) < 4.78 is 7.30. The Kier molecular flexibility index (Phi) is 4.82. The Hall–Kier alpha value is -3.34. The minimum atomic E-state index is -0.0486. The van der Waals surface area contributed by atoms with E-state index < -0.39 is 0 Å². The molecule has 0 radical (unpaired) electrons. The van der Waals surface area contributed by atoms with Crippen molar-refractivity contribution in [3.63, 3.8) is 0 Å². The smallest absolute Gasteiger partial charge is 0.194 e. The van der Waals surface area contributed by atoms with Gasteiger partial charge in [0.15, 0.2) is 16.6 Å². The molecule has 1 aliphatic heterocycles. The SMILES string of the molecule is O=C(Cc1cn[nH]c1-c1nc2ccc(CN3CCOCC3)cc2[nH]1)c1cn2ccsc2n1. The molecule has 0 amide bonds. The fourth-order valence-corrected chi connectivity index (χ4v) is 4.77. The van der Waals surface area contributed by atoms with Crippen molar-refractivity contribution in [2.75, 3.05) is 26.3 Å². The van der Waals surface area contributed by atoms with Crippen molar-refractivity contribution in [1.29, 1.82) is 0 Å². The first-order valence-electron chi connectivity index (χ1n) is 10.5. The number of Topliss-reactive ketones (excluding diaryl/α,β-unsaturated/α-hetero) is 1. The van der Waals surface area contributed by atoms with Crippen molar-refractivity contribution in [2.24, 2.45) is 0 Å². The van der Waals surface area contributed by atoms with E-state index in [1.165, 1.54) is 16.9 Å². The molecule has 6 rings (SSSR count). The quantitative estimate of drug-likeness (QED) is 0.388. The van der Waals surface area contributed by atoms with E-state index in [9.17, 15) is 4.79 Å². The lowest BCUT2D eigenvalue weighted by Gasteiger charge is -2.26.